The molecule has 4 aromatic rings. The van der Waals surface area contributed by atoms with E-state index in [1.54, 1.807) is 22.2 Å². The molecule has 0 radical (unpaired) electrons. The zero-order valence-electron chi connectivity index (χ0n) is 14.2. The van der Waals surface area contributed by atoms with Gasteiger partial charge in [0, 0.05) is 11.9 Å². The van der Waals surface area contributed by atoms with Gasteiger partial charge in [-0.3, -0.25) is 4.79 Å². The summed E-state index contributed by atoms with van der Waals surface area (Å²) >= 11 is 1.57. The van der Waals surface area contributed by atoms with Gasteiger partial charge >= 0.3 is 0 Å². The molecule has 0 unspecified atom stereocenters. The number of para-hydroxylation sites is 2. The SMILES string of the molecule is Cc1ccccc1NC(=O)c1cn(-c2ccccc2)nc1-c1cccs1. The highest BCUT2D eigenvalue weighted by molar-refractivity contribution is 7.13. The number of hydrogen-bond donors (Lipinski definition) is 1. The molecule has 2 heterocycles. The molecule has 0 bridgehead atoms. The first kappa shape index (κ1) is 16.3. The Morgan fingerprint density at radius 2 is 1.77 bits per heavy atom. The van der Waals surface area contributed by atoms with Crippen LogP contribution in [0, 0.1) is 6.92 Å². The first-order valence-electron chi connectivity index (χ1n) is 8.28. The third-order valence-corrected chi connectivity index (χ3v) is 5.00. The Hall–Kier alpha value is -3.18. The first-order chi connectivity index (χ1) is 12.7. The van der Waals surface area contributed by atoms with E-state index in [1.165, 1.54) is 0 Å². The number of rotatable bonds is 4. The Morgan fingerprint density at radius 1 is 1.00 bits per heavy atom. The molecule has 26 heavy (non-hydrogen) atoms. The van der Waals surface area contributed by atoms with Crippen molar-refractivity contribution in [1.82, 2.24) is 9.78 Å². The summed E-state index contributed by atoms with van der Waals surface area (Å²) in [6.07, 6.45) is 1.79. The second kappa shape index (κ2) is 6.98. The van der Waals surface area contributed by atoms with Crippen LogP contribution in [0.5, 0.6) is 0 Å². The molecule has 0 aliphatic rings. The molecule has 0 fully saturated rings. The highest BCUT2D eigenvalue weighted by Crippen LogP contribution is 2.28. The smallest absolute Gasteiger partial charge is 0.259 e. The summed E-state index contributed by atoms with van der Waals surface area (Å²) < 4.78 is 1.75. The van der Waals surface area contributed by atoms with Crippen LogP contribution in [0.15, 0.2) is 78.3 Å². The molecule has 5 heteroatoms. The quantitative estimate of drug-likeness (QED) is 0.547. The van der Waals surface area contributed by atoms with E-state index in [-0.39, 0.29) is 5.91 Å². The summed E-state index contributed by atoms with van der Waals surface area (Å²) in [5, 5.41) is 9.67. The Bertz CT molecular complexity index is 1040. The van der Waals surface area contributed by atoms with Crippen molar-refractivity contribution >= 4 is 22.9 Å². The van der Waals surface area contributed by atoms with Crippen LogP contribution in [0.4, 0.5) is 5.69 Å². The van der Waals surface area contributed by atoms with Crippen molar-refractivity contribution in [2.24, 2.45) is 0 Å². The van der Waals surface area contributed by atoms with Gasteiger partial charge in [-0.15, -0.1) is 11.3 Å². The van der Waals surface area contributed by atoms with Crippen LogP contribution in [-0.4, -0.2) is 15.7 Å². The monoisotopic (exact) mass is 359 g/mol. The fraction of sp³-hybridized carbons (Fsp3) is 0.0476. The number of aryl methyl sites for hydroxylation is 1. The summed E-state index contributed by atoms with van der Waals surface area (Å²) in [5.74, 6) is -0.162. The number of aromatic nitrogens is 2. The van der Waals surface area contributed by atoms with Crippen molar-refractivity contribution in [2.75, 3.05) is 5.32 Å². The zero-order chi connectivity index (χ0) is 17.9. The molecular weight excluding hydrogens is 342 g/mol. The summed E-state index contributed by atoms with van der Waals surface area (Å²) in [7, 11) is 0. The zero-order valence-corrected chi connectivity index (χ0v) is 15.0. The van der Waals surface area contributed by atoms with Crippen molar-refractivity contribution in [1.29, 1.82) is 0 Å². The molecular formula is C21H17N3OS. The van der Waals surface area contributed by atoms with Crippen LogP contribution in [0.2, 0.25) is 0 Å². The number of carbonyl (C=O) groups excluding carboxylic acids is 1. The van der Waals surface area contributed by atoms with Crippen LogP contribution in [0.1, 0.15) is 15.9 Å². The van der Waals surface area contributed by atoms with Gasteiger partial charge in [-0.2, -0.15) is 5.10 Å². The Morgan fingerprint density at radius 3 is 2.50 bits per heavy atom. The maximum absolute atomic E-state index is 13.0. The largest absolute Gasteiger partial charge is 0.322 e. The average Bonchev–Trinajstić information content (AvgIpc) is 3.34. The summed E-state index contributed by atoms with van der Waals surface area (Å²) in [4.78, 5) is 13.9. The van der Waals surface area contributed by atoms with Crippen molar-refractivity contribution in [3.63, 3.8) is 0 Å². The normalized spacial score (nSPS) is 10.7. The number of benzene rings is 2. The molecule has 0 saturated carbocycles. The van der Waals surface area contributed by atoms with Gasteiger partial charge < -0.3 is 5.32 Å². The van der Waals surface area contributed by atoms with Crippen molar-refractivity contribution in [3.05, 3.63) is 89.4 Å². The van der Waals surface area contributed by atoms with E-state index in [2.05, 4.69) is 10.4 Å². The van der Waals surface area contributed by atoms with E-state index in [4.69, 9.17) is 0 Å². The lowest BCUT2D eigenvalue weighted by Crippen LogP contribution is -2.13. The molecule has 4 rings (SSSR count). The van der Waals surface area contributed by atoms with Crippen LogP contribution in [0.3, 0.4) is 0 Å². The van der Waals surface area contributed by atoms with Crippen molar-refractivity contribution in [3.8, 4) is 16.3 Å². The molecule has 0 atom stereocenters. The summed E-state index contributed by atoms with van der Waals surface area (Å²) in [5.41, 5.74) is 3.99. The molecule has 0 spiro atoms. The van der Waals surface area contributed by atoms with E-state index in [1.807, 2.05) is 79.0 Å². The van der Waals surface area contributed by atoms with Gasteiger partial charge in [-0.25, -0.2) is 4.68 Å². The van der Waals surface area contributed by atoms with Gasteiger partial charge in [-0.05, 0) is 42.1 Å². The maximum atomic E-state index is 13.0. The maximum Gasteiger partial charge on any atom is 0.259 e. The van der Waals surface area contributed by atoms with Gasteiger partial charge in [-0.1, -0.05) is 42.5 Å². The van der Waals surface area contributed by atoms with E-state index < -0.39 is 0 Å². The molecule has 128 valence electrons. The van der Waals surface area contributed by atoms with E-state index in [9.17, 15) is 4.79 Å². The topological polar surface area (TPSA) is 46.9 Å². The molecule has 1 amide bonds. The van der Waals surface area contributed by atoms with Gasteiger partial charge in [0.1, 0.15) is 5.69 Å². The van der Waals surface area contributed by atoms with Crippen molar-refractivity contribution < 1.29 is 4.79 Å². The minimum Gasteiger partial charge on any atom is -0.322 e. The van der Waals surface area contributed by atoms with Crippen molar-refractivity contribution in [2.45, 2.75) is 6.92 Å². The average molecular weight is 359 g/mol. The Labute approximate surface area is 155 Å². The van der Waals surface area contributed by atoms with E-state index >= 15 is 0 Å². The Kier molecular flexibility index (Phi) is 4.37. The number of nitrogens with zero attached hydrogens (tertiary/aromatic N) is 2. The summed E-state index contributed by atoms with van der Waals surface area (Å²) in [6, 6.07) is 21.5. The predicted octanol–water partition coefficient (Wildman–Crippen LogP) is 5.16. The Balaban J connectivity index is 1.75. The fourth-order valence-electron chi connectivity index (χ4n) is 2.75. The number of nitrogens with one attached hydrogen (secondary N) is 1. The molecule has 2 aromatic carbocycles. The standard InChI is InChI=1S/C21H17N3OS/c1-15-8-5-6-11-18(15)22-21(25)17-14-24(16-9-3-2-4-10-16)23-20(17)19-12-7-13-26-19/h2-14H,1H3,(H,22,25). The first-order valence-corrected chi connectivity index (χ1v) is 9.16. The predicted molar refractivity (Wildman–Crippen MR) is 106 cm³/mol. The van der Waals surface area contributed by atoms with Crippen LogP contribution in [0.25, 0.3) is 16.3 Å². The molecule has 0 aliphatic carbocycles. The number of carbonyl (C=O) groups is 1. The summed E-state index contributed by atoms with van der Waals surface area (Å²) in [6.45, 7) is 1.98. The van der Waals surface area contributed by atoms with Crippen LogP contribution >= 0.6 is 11.3 Å². The highest BCUT2D eigenvalue weighted by atomic mass is 32.1. The minimum absolute atomic E-state index is 0.162. The second-order valence-electron chi connectivity index (χ2n) is 5.92. The number of hydrogen-bond acceptors (Lipinski definition) is 3. The lowest BCUT2D eigenvalue weighted by molar-refractivity contribution is 0.102. The van der Waals surface area contributed by atoms with Gasteiger partial charge in [0.05, 0.1) is 16.1 Å². The lowest BCUT2D eigenvalue weighted by atomic mass is 10.1. The van der Waals surface area contributed by atoms with Gasteiger partial charge in [0.25, 0.3) is 5.91 Å². The van der Waals surface area contributed by atoms with E-state index in [0.717, 1.165) is 21.8 Å². The van der Waals surface area contributed by atoms with E-state index in [0.29, 0.717) is 11.3 Å². The molecule has 0 saturated heterocycles. The third-order valence-electron chi connectivity index (χ3n) is 4.13. The lowest BCUT2D eigenvalue weighted by Gasteiger charge is -2.07. The molecule has 4 nitrogen and oxygen atoms in total. The van der Waals surface area contributed by atoms with Crippen LogP contribution < -0.4 is 5.32 Å². The van der Waals surface area contributed by atoms with Gasteiger partial charge in [0.15, 0.2) is 0 Å². The molecule has 1 N–H and O–H groups in total. The highest BCUT2D eigenvalue weighted by Gasteiger charge is 2.19. The van der Waals surface area contributed by atoms with Gasteiger partial charge in [0.2, 0.25) is 0 Å². The fourth-order valence-corrected chi connectivity index (χ4v) is 3.47. The van der Waals surface area contributed by atoms with Crippen LogP contribution in [-0.2, 0) is 0 Å². The second-order valence-corrected chi connectivity index (χ2v) is 6.87. The number of anilines is 1. The molecule has 0 aliphatic heterocycles. The number of amides is 1. The third kappa shape index (κ3) is 3.17. The minimum atomic E-state index is -0.162. The number of thiophene rings is 1. The molecule has 2 aromatic heterocycles.